The number of hydrogen-bond acceptors (Lipinski definition) is 7. The highest BCUT2D eigenvalue weighted by Crippen LogP contribution is 2.25. The normalized spacial score (nSPS) is 32.4. The summed E-state index contributed by atoms with van der Waals surface area (Å²) in [6, 6.07) is 0. The molecule has 9 heteroatoms. The van der Waals surface area contributed by atoms with Gasteiger partial charge in [0.15, 0.2) is 6.23 Å². The summed E-state index contributed by atoms with van der Waals surface area (Å²) in [6.45, 7) is -0.507. The van der Waals surface area contributed by atoms with Crippen LogP contribution in [0.2, 0.25) is 0 Å². The van der Waals surface area contributed by atoms with E-state index in [1.165, 1.54) is 0 Å². The molecule has 1 aromatic heterocycles. The maximum Gasteiger partial charge on any atom is 0.347 e. The fraction of sp³-hybridized carbons (Fsp3) is 0.667. The lowest BCUT2D eigenvalue weighted by Gasteiger charge is -2.36. The fourth-order valence-corrected chi connectivity index (χ4v) is 1.81. The smallest absolute Gasteiger partial charge is 0.347 e. The van der Waals surface area contributed by atoms with E-state index >= 15 is 0 Å². The maximum absolute atomic E-state index is 11.5. The van der Waals surface area contributed by atoms with E-state index in [4.69, 9.17) is 9.84 Å². The number of H-pyrrole nitrogens is 1. The second-order valence-electron chi connectivity index (χ2n) is 3.99. The van der Waals surface area contributed by atoms with E-state index in [0.29, 0.717) is 0 Å². The minimum absolute atomic E-state index is 0.0728. The molecule has 0 saturated carbocycles. The third-order valence-corrected chi connectivity index (χ3v) is 2.74. The zero-order chi connectivity index (χ0) is 13.3. The minimum Gasteiger partial charge on any atom is -0.394 e. The van der Waals surface area contributed by atoms with Crippen molar-refractivity contribution in [2.45, 2.75) is 31.0 Å². The summed E-state index contributed by atoms with van der Waals surface area (Å²) < 4.78 is 6.09. The first kappa shape index (κ1) is 12.9. The van der Waals surface area contributed by atoms with Gasteiger partial charge in [0, 0.05) is 6.42 Å². The van der Waals surface area contributed by atoms with Gasteiger partial charge in [0.05, 0.1) is 12.7 Å². The Kier molecular flexibility index (Phi) is 3.57. The molecule has 1 aliphatic heterocycles. The molecule has 0 amide bonds. The highest BCUT2D eigenvalue weighted by Gasteiger charge is 2.37. The zero-order valence-corrected chi connectivity index (χ0v) is 9.26. The minimum atomic E-state index is -1.23. The molecule has 0 aliphatic carbocycles. The predicted molar refractivity (Wildman–Crippen MR) is 56.7 cm³/mol. The largest absolute Gasteiger partial charge is 0.394 e. The summed E-state index contributed by atoms with van der Waals surface area (Å²) in [5.41, 5.74) is -1.43. The molecule has 0 aromatic carbocycles. The first-order chi connectivity index (χ1) is 8.52. The van der Waals surface area contributed by atoms with Crippen molar-refractivity contribution in [3.8, 4) is 0 Å². The number of nitrogens with zero attached hydrogens (tertiary/aromatic N) is 2. The Morgan fingerprint density at radius 2 is 2.22 bits per heavy atom. The van der Waals surface area contributed by atoms with Gasteiger partial charge in [-0.15, -0.1) is 0 Å². The molecule has 4 N–H and O–H groups in total. The van der Waals surface area contributed by atoms with E-state index < -0.39 is 42.4 Å². The third-order valence-electron chi connectivity index (χ3n) is 2.74. The summed E-state index contributed by atoms with van der Waals surface area (Å²) in [5, 5.41) is 31.7. The quantitative estimate of drug-likeness (QED) is 0.442. The highest BCUT2D eigenvalue weighted by atomic mass is 16.5. The van der Waals surface area contributed by atoms with Crippen LogP contribution < -0.4 is 11.2 Å². The van der Waals surface area contributed by atoms with Crippen LogP contribution in [0.25, 0.3) is 0 Å². The van der Waals surface area contributed by atoms with Crippen molar-refractivity contribution >= 4 is 0 Å². The molecule has 1 aliphatic rings. The molecule has 9 nitrogen and oxygen atoms in total. The molecule has 0 bridgehead atoms. The van der Waals surface area contributed by atoms with Gasteiger partial charge in [-0.1, -0.05) is 0 Å². The molecule has 100 valence electrons. The lowest BCUT2D eigenvalue weighted by molar-refractivity contribution is -0.205. The molecule has 1 saturated heterocycles. The van der Waals surface area contributed by atoms with Gasteiger partial charge in [0.25, 0.3) is 5.56 Å². The summed E-state index contributed by atoms with van der Waals surface area (Å²) in [5.74, 6) is 0. The summed E-state index contributed by atoms with van der Waals surface area (Å²) in [7, 11) is 0. The first-order valence-electron chi connectivity index (χ1n) is 5.33. The molecule has 18 heavy (non-hydrogen) atoms. The van der Waals surface area contributed by atoms with E-state index in [-0.39, 0.29) is 6.42 Å². The van der Waals surface area contributed by atoms with Crippen LogP contribution in [0.4, 0.5) is 0 Å². The summed E-state index contributed by atoms with van der Waals surface area (Å²) >= 11 is 0. The number of hydrogen-bond donors (Lipinski definition) is 4. The first-order valence-corrected chi connectivity index (χ1v) is 5.33. The van der Waals surface area contributed by atoms with Crippen molar-refractivity contribution in [2.24, 2.45) is 0 Å². The Hall–Kier alpha value is -1.55. The average molecular weight is 259 g/mol. The average Bonchev–Trinajstić information content (AvgIpc) is 2.32. The van der Waals surface area contributed by atoms with Crippen molar-refractivity contribution in [1.82, 2.24) is 14.8 Å². The van der Waals surface area contributed by atoms with Gasteiger partial charge in [-0.25, -0.2) is 4.79 Å². The van der Waals surface area contributed by atoms with Crippen LogP contribution in [0.1, 0.15) is 12.6 Å². The van der Waals surface area contributed by atoms with Gasteiger partial charge < -0.3 is 20.1 Å². The molecule has 1 aromatic rings. The standard InChI is InChI=1S/C9H13N3O6/c13-3-5-8(16)4(14)1-7(18-5)12-9(17)11-6(15)2-10-12/h2,4-5,7-8,13-14,16H,1,3H2,(H,11,15,17)/t4-,5-,7-,8+/m1/s1. The van der Waals surface area contributed by atoms with Gasteiger partial charge in [-0.05, 0) is 0 Å². The second kappa shape index (κ2) is 4.98. The Morgan fingerprint density at radius 1 is 1.50 bits per heavy atom. The molecular formula is C9H13N3O6. The van der Waals surface area contributed by atoms with Crippen molar-refractivity contribution in [2.75, 3.05) is 6.61 Å². The van der Waals surface area contributed by atoms with Crippen molar-refractivity contribution < 1.29 is 20.1 Å². The zero-order valence-electron chi connectivity index (χ0n) is 9.26. The Balaban J connectivity index is 2.28. The lowest BCUT2D eigenvalue weighted by Crippen LogP contribution is -2.50. The van der Waals surface area contributed by atoms with Gasteiger partial charge in [-0.2, -0.15) is 9.78 Å². The van der Waals surface area contributed by atoms with E-state index in [2.05, 4.69) is 5.10 Å². The van der Waals surface area contributed by atoms with Gasteiger partial charge in [-0.3, -0.25) is 9.78 Å². The van der Waals surface area contributed by atoms with Crippen LogP contribution in [0.5, 0.6) is 0 Å². The van der Waals surface area contributed by atoms with Crippen molar-refractivity contribution in [3.05, 3.63) is 27.0 Å². The van der Waals surface area contributed by atoms with E-state index in [0.717, 1.165) is 10.9 Å². The summed E-state index contributed by atoms with van der Waals surface area (Å²) in [4.78, 5) is 24.3. The molecule has 0 radical (unpaired) electrons. The van der Waals surface area contributed by atoms with Gasteiger partial charge in [0.2, 0.25) is 0 Å². The molecule has 0 spiro atoms. The van der Waals surface area contributed by atoms with Gasteiger partial charge >= 0.3 is 5.69 Å². The number of aliphatic hydroxyl groups is 3. The SMILES string of the molecule is O=c1cnn([C@H]2C[C@@H](O)[C@H](O)[C@@H](CO)O2)c(=O)[nH]1. The van der Waals surface area contributed by atoms with Crippen LogP contribution >= 0.6 is 0 Å². The Bertz CT molecular complexity index is 526. The second-order valence-corrected chi connectivity index (χ2v) is 3.99. The van der Waals surface area contributed by atoms with Crippen LogP contribution in [0, 0.1) is 0 Å². The van der Waals surface area contributed by atoms with E-state index in [1.807, 2.05) is 4.98 Å². The molecule has 1 fully saturated rings. The molecular weight excluding hydrogens is 246 g/mol. The van der Waals surface area contributed by atoms with Crippen LogP contribution in [0.3, 0.4) is 0 Å². The Morgan fingerprint density at radius 3 is 2.83 bits per heavy atom. The van der Waals surface area contributed by atoms with Gasteiger partial charge in [0.1, 0.15) is 18.4 Å². The lowest BCUT2D eigenvalue weighted by atomic mass is 10.0. The van der Waals surface area contributed by atoms with Crippen LogP contribution in [-0.2, 0) is 4.74 Å². The van der Waals surface area contributed by atoms with Crippen molar-refractivity contribution in [1.29, 1.82) is 0 Å². The van der Waals surface area contributed by atoms with E-state index in [1.54, 1.807) is 0 Å². The topological polar surface area (TPSA) is 138 Å². The number of aromatic amines is 1. The summed E-state index contributed by atoms with van der Waals surface area (Å²) in [6.07, 6.45) is -3.53. The number of ether oxygens (including phenoxy) is 1. The number of aromatic nitrogens is 3. The van der Waals surface area contributed by atoms with Crippen LogP contribution in [-0.4, -0.2) is 55.0 Å². The number of nitrogens with one attached hydrogen (secondary N) is 1. The number of rotatable bonds is 2. The molecule has 4 atom stereocenters. The molecule has 2 rings (SSSR count). The monoisotopic (exact) mass is 259 g/mol. The highest BCUT2D eigenvalue weighted by molar-refractivity contribution is 4.84. The number of aliphatic hydroxyl groups excluding tert-OH is 3. The van der Waals surface area contributed by atoms with Crippen molar-refractivity contribution in [3.63, 3.8) is 0 Å². The predicted octanol–water partition coefficient (Wildman–Crippen LogP) is -3.07. The maximum atomic E-state index is 11.5. The Labute approximate surface area is 100 Å². The fourth-order valence-electron chi connectivity index (χ4n) is 1.81. The molecule has 0 unspecified atom stereocenters. The third kappa shape index (κ3) is 2.34. The molecule has 2 heterocycles. The van der Waals surface area contributed by atoms with E-state index in [9.17, 15) is 19.8 Å². The van der Waals surface area contributed by atoms with Crippen LogP contribution in [0.15, 0.2) is 15.8 Å².